The maximum Gasteiger partial charge on any atom is 0.321 e. The lowest BCUT2D eigenvalue weighted by atomic mass is 10.0. The molecule has 0 aliphatic carbocycles. The molecule has 8 nitrogen and oxygen atoms in total. The van der Waals surface area contributed by atoms with Gasteiger partial charge in [0.05, 0.1) is 18.8 Å². The highest BCUT2D eigenvalue weighted by atomic mass is 32.2. The van der Waals surface area contributed by atoms with Crippen LogP contribution in [0.1, 0.15) is 26.3 Å². The van der Waals surface area contributed by atoms with E-state index in [9.17, 15) is 27.1 Å². The van der Waals surface area contributed by atoms with E-state index < -0.39 is 45.8 Å². The van der Waals surface area contributed by atoms with Gasteiger partial charge in [-0.2, -0.15) is 4.31 Å². The molecule has 0 fully saturated rings. The van der Waals surface area contributed by atoms with Crippen LogP contribution in [0.25, 0.3) is 6.08 Å². The van der Waals surface area contributed by atoms with Crippen LogP contribution in [-0.4, -0.2) is 67.7 Å². The molecule has 3 atom stereocenters. The molecule has 3 rings (SSSR count). The van der Waals surface area contributed by atoms with Crippen molar-refractivity contribution in [2.24, 2.45) is 5.92 Å². The van der Waals surface area contributed by atoms with E-state index in [1.807, 2.05) is 13.0 Å². The third kappa shape index (κ3) is 6.03. The Morgan fingerprint density at radius 1 is 1.31 bits per heavy atom. The number of nitrogens with zero attached hydrogens (tertiary/aromatic N) is 2. The number of benzene rings is 2. The van der Waals surface area contributed by atoms with Gasteiger partial charge < -0.3 is 20.1 Å². The van der Waals surface area contributed by atoms with Gasteiger partial charge in [0.15, 0.2) is 0 Å². The second kappa shape index (κ2) is 11.4. The molecule has 36 heavy (non-hydrogen) atoms. The van der Waals surface area contributed by atoms with Crippen molar-refractivity contribution in [2.45, 2.75) is 37.8 Å². The topological polar surface area (TPSA) is 99.2 Å². The first-order valence-electron chi connectivity index (χ1n) is 11.5. The largest absolute Gasteiger partial charge is 0.487 e. The minimum atomic E-state index is -3.98. The summed E-state index contributed by atoms with van der Waals surface area (Å²) < 4.78 is 61.9. The highest BCUT2D eigenvalue weighted by Gasteiger charge is 2.38. The number of nitrogens with one attached hydrogen (secondary N) is 1. The minimum absolute atomic E-state index is 0.0264. The van der Waals surface area contributed by atoms with Crippen molar-refractivity contribution in [2.75, 3.05) is 32.1 Å². The van der Waals surface area contributed by atoms with Gasteiger partial charge in [-0.1, -0.05) is 25.1 Å². The van der Waals surface area contributed by atoms with Crippen LogP contribution in [0.15, 0.2) is 47.4 Å². The molecule has 196 valence electrons. The zero-order valence-electron chi connectivity index (χ0n) is 20.6. The summed E-state index contributed by atoms with van der Waals surface area (Å²) >= 11 is 0. The number of sulfonamides is 1. The zero-order valence-corrected chi connectivity index (χ0v) is 21.4. The number of amides is 2. The number of hydrogen-bond donors (Lipinski definition) is 2. The number of halogens is 2. The molecule has 0 spiro atoms. The molecule has 2 aromatic carbocycles. The number of urea groups is 1. The zero-order chi connectivity index (χ0) is 26.6. The van der Waals surface area contributed by atoms with Gasteiger partial charge in [0.2, 0.25) is 10.0 Å². The molecule has 11 heteroatoms. The Hall–Kier alpha value is -3.02. The fraction of sp³-hybridized carbons (Fsp3) is 0.400. The van der Waals surface area contributed by atoms with Crippen molar-refractivity contribution in [1.82, 2.24) is 9.21 Å². The van der Waals surface area contributed by atoms with E-state index >= 15 is 0 Å². The number of anilines is 1. The number of likely N-dealkylation sites (N-methyl/N-ethyl adjacent to an activating group) is 1. The summed E-state index contributed by atoms with van der Waals surface area (Å²) in [5.41, 5.74) is 0.432. The van der Waals surface area contributed by atoms with E-state index in [1.165, 1.54) is 22.3 Å². The summed E-state index contributed by atoms with van der Waals surface area (Å²) in [5.74, 6) is -1.74. The highest BCUT2D eigenvalue weighted by molar-refractivity contribution is 7.89. The number of aliphatic hydroxyl groups is 1. The van der Waals surface area contributed by atoms with Gasteiger partial charge in [-0.25, -0.2) is 22.0 Å². The van der Waals surface area contributed by atoms with Crippen molar-refractivity contribution in [1.29, 1.82) is 0 Å². The Labute approximate surface area is 210 Å². The molecule has 0 radical (unpaired) electrons. The molecule has 0 saturated heterocycles. The molecule has 1 aliphatic rings. The lowest BCUT2D eigenvalue weighted by Gasteiger charge is -2.37. The highest BCUT2D eigenvalue weighted by Crippen LogP contribution is 2.34. The number of carbonyl (C=O) groups excluding carboxylic acids is 1. The van der Waals surface area contributed by atoms with Crippen LogP contribution in [0.4, 0.5) is 19.3 Å². The number of fused-ring (bicyclic) bond motifs is 1. The number of ether oxygens (including phenoxy) is 1. The summed E-state index contributed by atoms with van der Waals surface area (Å²) in [6.07, 6.45) is 2.96. The van der Waals surface area contributed by atoms with Gasteiger partial charge in [-0.15, -0.1) is 0 Å². The van der Waals surface area contributed by atoms with Crippen LogP contribution in [0.5, 0.6) is 5.75 Å². The minimum Gasteiger partial charge on any atom is -0.487 e. The van der Waals surface area contributed by atoms with Crippen molar-refractivity contribution in [3.63, 3.8) is 0 Å². The molecule has 1 heterocycles. The summed E-state index contributed by atoms with van der Waals surface area (Å²) in [4.78, 5) is 14.0. The van der Waals surface area contributed by atoms with Gasteiger partial charge in [-0.05, 0) is 43.7 Å². The van der Waals surface area contributed by atoms with Crippen LogP contribution in [-0.2, 0) is 10.0 Å². The van der Waals surface area contributed by atoms with E-state index in [0.717, 1.165) is 23.8 Å². The number of allylic oxidation sites excluding steroid dienone is 1. The Morgan fingerprint density at radius 3 is 2.69 bits per heavy atom. The molecule has 0 bridgehead atoms. The Bertz CT molecular complexity index is 1240. The molecule has 0 aromatic heterocycles. The smallest absolute Gasteiger partial charge is 0.321 e. The van der Waals surface area contributed by atoms with Crippen molar-refractivity contribution >= 4 is 27.8 Å². The van der Waals surface area contributed by atoms with Crippen LogP contribution in [0.3, 0.4) is 0 Å². The molecule has 1 aliphatic heterocycles. The summed E-state index contributed by atoms with van der Waals surface area (Å²) in [5, 5.41) is 12.1. The maximum atomic E-state index is 14.0. The van der Waals surface area contributed by atoms with Crippen LogP contribution >= 0.6 is 0 Å². The van der Waals surface area contributed by atoms with Crippen LogP contribution < -0.4 is 10.1 Å². The predicted octanol–water partition coefficient (Wildman–Crippen LogP) is 3.93. The molecule has 2 aromatic rings. The monoisotopic (exact) mass is 523 g/mol. The molecule has 0 saturated carbocycles. The lowest BCUT2D eigenvalue weighted by molar-refractivity contribution is 0.0830. The first-order chi connectivity index (χ1) is 17.0. The van der Waals surface area contributed by atoms with Gasteiger partial charge in [0.25, 0.3) is 0 Å². The van der Waals surface area contributed by atoms with Crippen molar-refractivity contribution in [3.8, 4) is 5.75 Å². The van der Waals surface area contributed by atoms with E-state index in [1.54, 1.807) is 32.1 Å². The second-order valence-electron chi connectivity index (χ2n) is 8.88. The summed E-state index contributed by atoms with van der Waals surface area (Å²) in [6, 6.07) is 6.12. The average molecular weight is 524 g/mol. The Morgan fingerprint density at radius 2 is 2.03 bits per heavy atom. The summed E-state index contributed by atoms with van der Waals surface area (Å²) in [7, 11) is -2.51. The first-order valence-corrected chi connectivity index (χ1v) is 12.9. The molecule has 0 unspecified atom stereocenters. The van der Waals surface area contributed by atoms with Gasteiger partial charge in [0.1, 0.15) is 28.4 Å². The van der Waals surface area contributed by atoms with E-state index in [0.29, 0.717) is 0 Å². The number of aliphatic hydroxyl groups excluding tert-OH is 1. The lowest BCUT2D eigenvalue weighted by Crippen LogP contribution is -2.50. The quantitative estimate of drug-likeness (QED) is 0.598. The third-order valence-electron chi connectivity index (χ3n) is 6.02. The summed E-state index contributed by atoms with van der Waals surface area (Å²) in [6.45, 7) is 4.93. The first kappa shape index (κ1) is 27.6. The van der Waals surface area contributed by atoms with Gasteiger partial charge >= 0.3 is 6.03 Å². The Balaban J connectivity index is 1.94. The SMILES string of the molecule is C/C=C/c1ccc2c(c1)O[C@H](CN(C)C(=O)Nc1cc(F)ccc1F)[C@@H](C)CN([C@@H](C)CO)S2(=O)=O. The number of rotatable bonds is 6. The van der Waals surface area contributed by atoms with E-state index in [2.05, 4.69) is 5.32 Å². The second-order valence-corrected chi connectivity index (χ2v) is 10.7. The maximum absolute atomic E-state index is 14.0. The fourth-order valence-electron chi connectivity index (χ4n) is 3.91. The van der Waals surface area contributed by atoms with Gasteiger partial charge in [-0.3, -0.25) is 0 Å². The van der Waals surface area contributed by atoms with Crippen LogP contribution in [0.2, 0.25) is 0 Å². The Kier molecular flexibility index (Phi) is 8.70. The van der Waals surface area contributed by atoms with E-state index in [4.69, 9.17) is 4.74 Å². The standard InChI is InChI=1S/C25H31F2N3O5S/c1-5-6-18-7-10-24-22(11-18)35-23(16(2)13-30(17(3)15-31)36(24,33)34)14-29(4)25(32)28-21-12-19(26)8-9-20(21)27/h5-12,16-17,23,31H,13-15H2,1-4H3,(H,28,32)/b6-5+/t16-,17-,23+/m0/s1. The van der Waals surface area contributed by atoms with Gasteiger partial charge in [0, 0.05) is 31.6 Å². The normalized spacial score (nSPS) is 20.6. The average Bonchev–Trinajstić information content (AvgIpc) is 2.83. The van der Waals surface area contributed by atoms with Crippen molar-refractivity contribution < 1.29 is 31.8 Å². The molecular formula is C25H31F2N3O5S. The molecule has 2 N–H and O–H groups in total. The molecule has 2 amide bonds. The number of carbonyl (C=O) groups is 1. The van der Waals surface area contributed by atoms with Crippen molar-refractivity contribution in [3.05, 3.63) is 59.7 Å². The third-order valence-corrected chi connectivity index (χ3v) is 8.04. The number of hydrogen-bond acceptors (Lipinski definition) is 5. The van der Waals surface area contributed by atoms with Crippen LogP contribution in [0, 0.1) is 17.6 Å². The fourth-order valence-corrected chi connectivity index (χ4v) is 5.74. The molecular weight excluding hydrogens is 492 g/mol. The predicted molar refractivity (Wildman–Crippen MR) is 133 cm³/mol. The van der Waals surface area contributed by atoms with E-state index in [-0.39, 0.29) is 36.0 Å².